The molecule has 0 N–H and O–H groups in total. The molecule has 2 aromatic carbocycles. The third-order valence-corrected chi connectivity index (χ3v) is 3.79. The highest BCUT2D eigenvalue weighted by atomic mass is 16.6. The quantitative estimate of drug-likeness (QED) is 0.495. The number of likely N-dealkylation sites (N-methyl/N-ethyl adjacent to an activating group) is 1. The van der Waals surface area contributed by atoms with Gasteiger partial charge in [-0.05, 0) is 30.7 Å². The molecule has 0 atom stereocenters. The van der Waals surface area contributed by atoms with E-state index in [-0.39, 0.29) is 24.0 Å². The maximum Gasteiger partial charge on any atom is 0.273 e. The highest BCUT2D eigenvalue weighted by molar-refractivity contribution is 5.77. The molecule has 8 nitrogen and oxygen atoms in total. The van der Waals surface area contributed by atoms with Gasteiger partial charge in [0.1, 0.15) is 5.75 Å². The highest BCUT2D eigenvalue weighted by Gasteiger charge is 2.15. The number of ether oxygens (including phenoxy) is 3. The van der Waals surface area contributed by atoms with Crippen molar-refractivity contribution in [3.05, 3.63) is 58.1 Å². The Labute approximate surface area is 157 Å². The van der Waals surface area contributed by atoms with Crippen LogP contribution in [0.1, 0.15) is 12.5 Å². The van der Waals surface area contributed by atoms with Crippen LogP contribution in [0.2, 0.25) is 0 Å². The van der Waals surface area contributed by atoms with Crippen molar-refractivity contribution in [1.82, 2.24) is 4.90 Å². The minimum absolute atomic E-state index is 0.138. The minimum atomic E-state index is -0.536. The summed E-state index contributed by atoms with van der Waals surface area (Å²) in [6.07, 6.45) is 0. The second-order valence-electron chi connectivity index (χ2n) is 5.71. The van der Waals surface area contributed by atoms with Crippen molar-refractivity contribution >= 4 is 11.6 Å². The van der Waals surface area contributed by atoms with Crippen LogP contribution in [-0.2, 0) is 11.3 Å². The number of carbonyl (C=O) groups excluding carboxylic acids is 1. The van der Waals surface area contributed by atoms with Crippen LogP contribution in [0.3, 0.4) is 0 Å². The van der Waals surface area contributed by atoms with Gasteiger partial charge in [-0.3, -0.25) is 14.9 Å². The summed E-state index contributed by atoms with van der Waals surface area (Å²) < 4.78 is 16.0. The van der Waals surface area contributed by atoms with Gasteiger partial charge in [-0.25, -0.2) is 0 Å². The molecule has 27 heavy (non-hydrogen) atoms. The normalized spacial score (nSPS) is 10.2. The van der Waals surface area contributed by atoms with Crippen molar-refractivity contribution in [2.45, 2.75) is 13.5 Å². The van der Waals surface area contributed by atoms with Gasteiger partial charge in [-0.15, -0.1) is 0 Å². The largest absolute Gasteiger partial charge is 0.494 e. The molecule has 0 unspecified atom stereocenters. The molecule has 0 fully saturated rings. The fourth-order valence-corrected chi connectivity index (χ4v) is 2.36. The molecule has 0 bridgehead atoms. The smallest absolute Gasteiger partial charge is 0.273 e. The zero-order valence-electron chi connectivity index (χ0n) is 15.5. The number of nitrogens with zero attached hydrogens (tertiary/aromatic N) is 2. The molecule has 0 aliphatic heterocycles. The molecule has 8 heteroatoms. The van der Waals surface area contributed by atoms with Crippen LogP contribution in [0, 0.1) is 10.1 Å². The summed E-state index contributed by atoms with van der Waals surface area (Å²) in [6, 6.07) is 11.5. The number of benzene rings is 2. The topological polar surface area (TPSA) is 91.1 Å². The first-order valence-electron chi connectivity index (χ1n) is 8.35. The molecule has 0 aliphatic carbocycles. The molecule has 1 amide bonds. The van der Waals surface area contributed by atoms with Gasteiger partial charge in [0.2, 0.25) is 0 Å². The van der Waals surface area contributed by atoms with Crippen molar-refractivity contribution in [1.29, 1.82) is 0 Å². The van der Waals surface area contributed by atoms with Crippen molar-refractivity contribution < 1.29 is 23.9 Å². The van der Waals surface area contributed by atoms with E-state index < -0.39 is 4.92 Å². The lowest BCUT2D eigenvalue weighted by atomic mass is 10.2. The maximum absolute atomic E-state index is 12.3. The highest BCUT2D eigenvalue weighted by Crippen LogP contribution is 2.31. The van der Waals surface area contributed by atoms with Crippen molar-refractivity contribution in [2.75, 3.05) is 27.4 Å². The number of non-ortho nitro benzene ring substituents is 1. The van der Waals surface area contributed by atoms with Crippen LogP contribution in [0.4, 0.5) is 5.69 Å². The molecule has 0 spiro atoms. The SMILES string of the molecule is CCOc1ccc(CN(C)C(=O)COc2cc([N+](=O)[O-])ccc2OC)cc1. The lowest BCUT2D eigenvalue weighted by molar-refractivity contribution is -0.385. The van der Waals surface area contributed by atoms with E-state index in [9.17, 15) is 14.9 Å². The number of carbonyl (C=O) groups is 1. The Morgan fingerprint density at radius 3 is 2.41 bits per heavy atom. The van der Waals surface area contributed by atoms with Crippen molar-refractivity contribution in [3.8, 4) is 17.2 Å². The lowest BCUT2D eigenvalue weighted by Gasteiger charge is -2.18. The first-order chi connectivity index (χ1) is 12.9. The van der Waals surface area contributed by atoms with Gasteiger partial charge in [0.05, 0.1) is 24.7 Å². The molecule has 0 aromatic heterocycles. The summed E-state index contributed by atoms with van der Waals surface area (Å²) in [6.45, 7) is 2.65. The van der Waals surface area contributed by atoms with Crippen LogP contribution in [-0.4, -0.2) is 43.1 Å². The fourth-order valence-electron chi connectivity index (χ4n) is 2.36. The summed E-state index contributed by atoms with van der Waals surface area (Å²) in [5.74, 6) is 0.978. The van der Waals surface area contributed by atoms with E-state index in [1.54, 1.807) is 7.05 Å². The van der Waals surface area contributed by atoms with Gasteiger partial charge in [-0.1, -0.05) is 12.1 Å². The molecular weight excluding hydrogens is 352 g/mol. The number of nitro benzene ring substituents is 1. The molecule has 2 rings (SSSR count). The van der Waals surface area contributed by atoms with E-state index in [4.69, 9.17) is 14.2 Å². The van der Waals surface area contributed by atoms with Gasteiger partial charge in [0.25, 0.3) is 11.6 Å². The summed E-state index contributed by atoms with van der Waals surface area (Å²) in [4.78, 5) is 24.2. The molecule has 0 heterocycles. The number of nitro groups is 1. The van der Waals surface area contributed by atoms with Crippen LogP contribution in [0.15, 0.2) is 42.5 Å². The van der Waals surface area contributed by atoms with Gasteiger partial charge in [0.15, 0.2) is 18.1 Å². The second-order valence-corrected chi connectivity index (χ2v) is 5.71. The Bertz CT molecular complexity index is 791. The zero-order chi connectivity index (χ0) is 19.8. The summed E-state index contributed by atoms with van der Waals surface area (Å²) >= 11 is 0. The average Bonchev–Trinajstić information content (AvgIpc) is 2.67. The van der Waals surface area contributed by atoms with Crippen molar-refractivity contribution in [3.63, 3.8) is 0 Å². The minimum Gasteiger partial charge on any atom is -0.494 e. The number of rotatable bonds is 9. The molecule has 0 aliphatic rings. The summed E-state index contributed by atoms with van der Waals surface area (Å²) in [5, 5.41) is 10.9. The predicted molar refractivity (Wildman–Crippen MR) is 99.2 cm³/mol. The molecule has 0 saturated carbocycles. The Hall–Kier alpha value is -3.29. The molecular formula is C19H22N2O6. The average molecular weight is 374 g/mol. The maximum atomic E-state index is 12.3. The second kappa shape index (κ2) is 9.42. The molecule has 144 valence electrons. The van der Waals surface area contributed by atoms with Crippen LogP contribution in [0.5, 0.6) is 17.2 Å². The van der Waals surface area contributed by atoms with Crippen LogP contribution >= 0.6 is 0 Å². The Balaban J connectivity index is 1.96. The number of hydrogen-bond donors (Lipinski definition) is 0. The number of methoxy groups -OCH3 is 1. The fraction of sp³-hybridized carbons (Fsp3) is 0.316. The van der Waals surface area contributed by atoms with E-state index in [2.05, 4.69) is 0 Å². The monoisotopic (exact) mass is 374 g/mol. The lowest BCUT2D eigenvalue weighted by Crippen LogP contribution is -2.31. The molecule has 2 aromatic rings. The van der Waals surface area contributed by atoms with Gasteiger partial charge < -0.3 is 19.1 Å². The van der Waals surface area contributed by atoms with Gasteiger partial charge in [0, 0.05) is 19.7 Å². The zero-order valence-corrected chi connectivity index (χ0v) is 15.5. The summed E-state index contributed by atoms with van der Waals surface area (Å²) in [7, 11) is 3.08. The Morgan fingerprint density at radius 2 is 1.81 bits per heavy atom. The third-order valence-electron chi connectivity index (χ3n) is 3.79. The van der Waals surface area contributed by atoms with Crippen molar-refractivity contribution in [2.24, 2.45) is 0 Å². The van der Waals surface area contributed by atoms with Gasteiger partial charge >= 0.3 is 0 Å². The van der Waals surface area contributed by atoms with E-state index in [1.165, 1.54) is 30.2 Å². The first-order valence-corrected chi connectivity index (χ1v) is 8.35. The van der Waals surface area contributed by atoms with E-state index in [1.807, 2.05) is 31.2 Å². The number of amides is 1. The van der Waals surface area contributed by atoms with Crippen LogP contribution in [0.25, 0.3) is 0 Å². The summed E-state index contributed by atoms with van der Waals surface area (Å²) in [5.41, 5.74) is 0.809. The van der Waals surface area contributed by atoms with E-state index in [0.29, 0.717) is 18.9 Å². The molecule has 0 saturated heterocycles. The Kier molecular flexibility index (Phi) is 6.99. The van der Waals surface area contributed by atoms with E-state index in [0.717, 1.165) is 11.3 Å². The van der Waals surface area contributed by atoms with Gasteiger partial charge in [-0.2, -0.15) is 0 Å². The first kappa shape index (κ1) is 20.0. The molecule has 0 radical (unpaired) electrons. The Morgan fingerprint density at radius 1 is 1.11 bits per heavy atom. The van der Waals surface area contributed by atoms with E-state index >= 15 is 0 Å². The van der Waals surface area contributed by atoms with Crippen LogP contribution < -0.4 is 14.2 Å². The predicted octanol–water partition coefficient (Wildman–Crippen LogP) is 3.04. The standard InChI is InChI=1S/C19H22N2O6/c1-4-26-16-8-5-14(6-9-16)12-20(2)19(22)13-27-18-11-15(21(23)24)7-10-17(18)25-3/h5-11H,4,12-13H2,1-3H3. The third kappa shape index (κ3) is 5.60. The number of hydrogen-bond acceptors (Lipinski definition) is 6.